The zero-order valence-electron chi connectivity index (χ0n) is 10.7. The maximum atomic E-state index is 9.77. The number of rotatable bonds is 7. The van der Waals surface area contributed by atoms with Gasteiger partial charge in [-0.25, -0.2) is 0 Å². The molecule has 3 nitrogen and oxygen atoms in total. The molecule has 1 aliphatic carbocycles. The number of aliphatic hydroxyl groups is 1. The highest BCUT2D eigenvalue weighted by Crippen LogP contribution is 2.28. The average Bonchev–Trinajstić information content (AvgIpc) is 3.14. The summed E-state index contributed by atoms with van der Waals surface area (Å²) in [6.45, 7) is 3.62. The molecular formula is C14H20ClNO2. The van der Waals surface area contributed by atoms with E-state index in [9.17, 15) is 5.11 Å². The van der Waals surface area contributed by atoms with Gasteiger partial charge in [0.05, 0.1) is 23.4 Å². The summed E-state index contributed by atoms with van der Waals surface area (Å²) >= 11 is 6.06. The third kappa shape index (κ3) is 4.48. The molecule has 0 saturated heterocycles. The van der Waals surface area contributed by atoms with E-state index in [1.807, 2.05) is 25.1 Å². The van der Waals surface area contributed by atoms with E-state index in [0.29, 0.717) is 18.2 Å². The fourth-order valence-electron chi connectivity index (χ4n) is 1.72. The molecule has 0 aliphatic heterocycles. The highest BCUT2D eigenvalue weighted by atomic mass is 35.5. The van der Waals surface area contributed by atoms with Crippen molar-refractivity contribution in [3.63, 3.8) is 0 Å². The van der Waals surface area contributed by atoms with Crippen molar-refractivity contribution in [2.75, 3.05) is 25.1 Å². The number of ether oxygens (including phenoxy) is 1. The summed E-state index contributed by atoms with van der Waals surface area (Å²) in [5.41, 5.74) is 2.00. The van der Waals surface area contributed by atoms with Crippen LogP contribution in [0.15, 0.2) is 18.2 Å². The van der Waals surface area contributed by atoms with Crippen LogP contribution < -0.4 is 5.32 Å². The Balaban J connectivity index is 1.70. The normalized spacial score (nSPS) is 16.6. The van der Waals surface area contributed by atoms with Crippen molar-refractivity contribution in [2.45, 2.75) is 25.9 Å². The van der Waals surface area contributed by atoms with Crippen LogP contribution >= 0.6 is 11.6 Å². The van der Waals surface area contributed by atoms with Crippen LogP contribution in [0, 0.1) is 12.8 Å². The Hall–Kier alpha value is -0.770. The second-order valence-electron chi connectivity index (χ2n) is 5.00. The first-order valence-corrected chi connectivity index (χ1v) is 6.79. The second kappa shape index (κ2) is 6.41. The number of aryl methyl sites for hydroxylation is 1. The predicted molar refractivity (Wildman–Crippen MR) is 74.2 cm³/mol. The molecule has 1 aromatic rings. The molecule has 0 spiro atoms. The molecule has 0 amide bonds. The molecule has 1 atom stereocenters. The van der Waals surface area contributed by atoms with E-state index in [1.165, 1.54) is 12.8 Å². The van der Waals surface area contributed by atoms with Gasteiger partial charge in [-0.05, 0) is 43.4 Å². The SMILES string of the molecule is Cc1ccc(Cl)c(NCC(O)COCC2CC2)c1. The Labute approximate surface area is 113 Å². The Morgan fingerprint density at radius 1 is 1.50 bits per heavy atom. The fourth-order valence-corrected chi connectivity index (χ4v) is 1.90. The minimum absolute atomic E-state index is 0.382. The third-order valence-corrected chi connectivity index (χ3v) is 3.34. The van der Waals surface area contributed by atoms with E-state index in [0.717, 1.165) is 23.8 Å². The summed E-state index contributed by atoms with van der Waals surface area (Å²) in [4.78, 5) is 0. The number of aliphatic hydroxyl groups excluding tert-OH is 1. The van der Waals surface area contributed by atoms with Crippen LogP contribution in [0.3, 0.4) is 0 Å². The standard InChI is InChI=1S/C14H20ClNO2/c1-10-2-5-13(15)14(6-10)16-7-12(17)9-18-8-11-3-4-11/h2,5-6,11-12,16-17H,3-4,7-9H2,1H3. The molecule has 18 heavy (non-hydrogen) atoms. The van der Waals surface area contributed by atoms with Crippen molar-refractivity contribution in [1.82, 2.24) is 0 Å². The molecule has 1 unspecified atom stereocenters. The van der Waals surface area contributed by atoms with E-state index in [-0.39, 0.29) is 0 Å². The van der Waals surface area contributed by atoms with Crippen molar-refractivity contribution in [2.24, 2.45) is 5.92 Å². The van der Waals surface area contributed by atoms with Gasteiger partial charge in [0.25, 0.3) is 0 Å². The molecule has 1 fully saturated rings. The molecule has 2 rings (SSSR count). The molecule has 1 aromatic carbocycles. The van der Waals surface area contributed by atoms with Crippen molar-refractivity contribution in [1.29, 1.82) is 0 Å². The first-order valence-electron chi connectivity index (χ1n) is 6.41. The number of nitrogens with one attached hydrogen (secondary N) is 1. The van der Waals surface area contributed by atoms with Crippen LogP contribution in [0.1, 0.15) is 18.4 Å². The second-order valence-corrected chi connectivity index (χ2v) is 5.41. The molecule has 0 radical (unpaired) electrons. The maximum absolute atomic E-state index is 9.77. The lowest BCUT2D eigenvalue weighted by atomic mass is 10.2. The largest absolute Gasteiger partial charge is 0.389 e. The van der Waals surface area contributed by atoms with Gasteiger partial charge in [0.2, 0.25) is 0 Å². The van der Waals surface area contributed by atoms with E-state index in [1.54, 1.807) is 0 Å². The molecule has 0 bridgehead atoms. The van der Waals surface area contributed by atoms with Crippen LogP contribution in [-0.2, 0) is 4.74 Å². The van der Waals surface area contributed by atoms with Gasteiger partial charge >= 0.3 is 0 Å². The van der Waals surface area contributed by atoms with Gasteiger partial charge in [0.1, 0.15) is 0 Å². The van der Waals surface area contributed by atoms with E-state index in [4.69, 9.17) is 16.3 Å². The van der Waals surface area contributed by atoms with Crippen LogP contribution in [-0.4, -0.2) is 31.0 Å². The summed E-state index contributed by atoms with van der Waals surface area (Å²) < 4.78 is 5.44. The molecule has 4 heteroatoms. The monoisotopic (exact) mass is 269 g/mol. The minimum Gasteiger partial charge on any atom is -0.389 e. The lowest BCUT2D eigenvalue weighted by Crippen LogP contribution is -2.25. The number of hydrogen-bond donors (Lipinski definition) is 2. The molecule has 100 valence electrons. The van der Waals surface area contributed by atoms with E-state index < -0.39 is 6.10 Å². The first kappa shape index (κ1) is 13.7. The van der Waals surface area contributed by atoms with Crippen LogP contribution in [0.4, 0.5) is 5.69 Å². The summed E-state index contributed by atoms with van der Waals surface area (Å²) in [5.74, 6) is 0.733. The highest BCUT2D eigenvalue weighted by molar-refractivity contribution is 6.33. The van der Waals surface area contributed by atoms with Crippen molar-refractivity contribution < 1.29 is 9.84 Å². The summed E-state index contributed by atoms with van der Waals surface area (Å²) in [5, 5.41) is 13.6. The predicted octanol–water partition coefficient (Wildman–Crippen LogP) is 2.85. The van der Waals surface area contributed by atoms with Gasteiger partial charge in [-0.1, -0.05) is 17.7 Å². The average molecular weight is 270 g/mol. The topological polar surface area (TPSA) is 41.5 Å². The van der Waals surface area contributed by atoms with Crippen molar-refractivity contribution in [3.05, 3.63) is 28.8 Å². The van der Waals surface area contributed by atoms with Crippen LogP contribution in [0.2, 0.25) is 5.02 Å². The number of benzene rings is 1. The van der Waals surface area contributed by atoms with Crippen molar-refractivity contribution in [3.8, 4) is 0 Å². The van der Waals surface area contributed by atoms with E-state index >= 15 is 0 Å². The number of halogens is 1. The molecular weight excluding hydrogens is 250 g/mol. The summed E-state index contributed by atoms with van der Waals surface area (Å²) in [6, 6.07) is 5.79. The smallest absolute Gasteiger partial charge is 0.0945 e. The lowest BCUT2D eigenvalue weighted by molar-refractivity contribution is 0.0386. The number of anilines is 1. The molecule has 1 saturated carbocycles. The zero-order valence-corrected chi connectivity index (χ0v) is 11.4. The van der Waals surface area contributed by atoms with E-state index in [2.05, 4.69) is 5.32 Å². The molecule has 2 N–H and O–H groups in total. The highest BCUT2D eigenvalue weighted by Gasteiger charge is 2.21. The summed E-state index contributed by atoms with van der Waals surface area (Å²) in [6.07, 6.45) is 2.04. The quantitative estimate of drug-likeness (QED) is 0.800. The Bertz CT molecular complexity index is 393. The van der Waals surface area contributed by atoms with Crippen LogP contribution in [0.25, 0.3) is 0 Å². The molecule has 0 aromatic heterocycles. The van der Waals surface area contributed by atoms with Gasteiger partial charge in [-0.3, -0.25) is 0 Å². The van der Waals surface area contributed by atoms with Gasteiger partial charge in [0.15, 0.2) is 0 Å². The van der Waals surface area contributed by atoms with Crippen molar-refractivity contribution >= 4 is 17.3 Å². The zero-order chi connectivity index (χ0) is 13.0. The fraction of sp³-hybridized carbons (Fsp3) is 0.571. The summed E-state index contributed by atoms with van der Waals surface area (Å²) in [7, 11) is 0. The Morgan fingerprint density at radius 2 is 2.28 bits per heavy atom. The Kier molecular flexibility index (Phi) is 4.87. The number of hydrogen-bond acceptors (Lipinski definition) is 3. The third-order valence-electron chi connectivity index (χ3n) is 3.01. The van der Waals surface area contributed by atoms with Gasteiger partial charge in [0, 0.05) is 13.2 Å². The Morgan fingerprint density at radius 3 is 3.00 bits per heavy atom. The minimum atomic E-state index is -0.500. The van der Waals surface area contributed by atoms with Gasteiger partial charge in [-0.15, -0.1) is 0 Å². The molecule has 0 heterocycles. The first-order chi connectivity index (χ1) is 8.65. The van der Waals surface area contributed by atoms with Crippen LogP contribution in [0.5, 0.6) is 0 Å². The van der Waals surface area contributed by atoms with Gasteiger partial charge < -0.3 is 15.2 Å². The van der Waals surface area contributed by atoms with Gasteiger partial charge in [-0.2, -0.15) is 0 Å². The molecule has 1 aliphatic rings. The maximum Gasteiger partial charge on any atom is 0.0945 e. The lowest BCUT2D eigenvalue weighted by Gasteiger charge is -2.14.